The zero-order valence-corrected chi connectivity index (χ0v) is 22.0. The van der Waals surface area contributed by atoms with Gasteiger partial charge in [0.2, 0.25) is 0 Å². The molecule has 7 heteroatoms. The highest BCUT2D eigenvalue weighted by molar-refractivity contribution is 14.0. The van der Waals surface area contributed by atoms with Crippen molar-refractivity contribution in [2.24, 2.45) is 10.9 Å². The number of aryl methyl sites for hydroxylation is 2. The Balaban J connectivity index is 0.00000289. The lowest BCUT2D eigenvalue weighted by Crippen LogP contribution is -2.56. The lowest BCUT2D eigenvalue weighted by Gasteiger charge is -2.48. The van der Waals surface area contributed by atoms with E-state index in [1.54, 1.807) is 0 Å². The number of hydrogen-bond acceptors (Lipinski definition) is 4. The van der Waals surface area contributed by atoms with Crippen LogP contribution in [0.25, 0.3) is 0 Å². The molecule has 0 spiro atoms. The van der Waals surface area contributed by atoms with Crippen LogP contribution in [-0.2, 0) is 13.0 Å². The molecule has 4 rings (SSSR count). The fourth-order valence-electron chi connectivity index (χ4n) is 5.27. The highest BCUT2D eigenvalue weighted by Crippen LogP contribution is 2.31. The molecule has 32 heavy (non-hydrogen) atoms. The van der Waals surface area contributed by atoms with Crippen molar-refractivity contribution < 1.29 is 4.52 Å². The minimum atomic E-state index is 0. The number of aromatic nitrogens is 1. The van der Waals surface area contributed by atoms with Gasteiger partial charge in [-0.25, -0.2) is 0 Å². The quantitative estimate of drug-likeness (QED) is 0.328. The SMILES string of the molecule is CCNC(=NCCc1c(C)noc1C)N1CCC2C(CCCN2Cc2ccccc2)C1.I. The molecular formula is C25H38IN5O. The van der Waals surface area contributed by atoms with Gasteiger partial charge in [-0.15, -0.1) is 24.0 Å². The van der Waals surface area contributed by atoms with Crippen molar-refractivity contribution >= 4 is 29.9 Å². The maximum absolute atomic E-state index is 5.30. The summed E-state index contributed by atoms with van der Waals surface area (Å²) in [5.74, 6) is 2.70. The van der Waals surface area contributed by atoms with Crippen molar-refractivity contribution in [3.05, 3.63) is 52.9 Å². The molecule has 1 aromatic heterocycles. The lowest BCUT2D eigenvalue weighted by atomic mass is 9.83. The highest BCUT2D eigenvalue weighted by Gasteiger charge is 2.36. The summed E-state index contributed by atoms with van der Waals surface area (Å²) < 4.78 is 5.30. The number of rotatable bonds is 6. The maximum Gasteiger partial charge on any atom is 0.193 e. The average molecular weight is 552 g/mol. The van der Waals surface area contributed by atoms with Crippen LogP contribution in [0.2, 0.25) is 0 Å². The monoisotopic (exact) mass is 551 g/mol. The van der Waals surface area contributed by atoms with E-state index in [0.29, 0.717) is 6.04 Å². The van der Waals surface area contributed by atoms with E-state index in [1.807, 2.05) is 13.8 Å². The van der Waals surface area contributed by atoms with Crippen LogP contribution in [0.5, 0.6) is 0 Å². The Bertz CT molecular complexity index is 849. The second kappa shape index (κ2) is 12.0. The molecule has 2 aliphatic rings. The number of hydrogen-bond donors (Lipinski definition) is 1. The zero-order chi connectivity index (χ0) is 21.6. The van der Waals surface area contributed by atoms with Gasteiger partial charge in [0.1, 0.15) is 5.76 Å². The Morgan fingerprint density at radius 3 is 2.72 bits per heavy atom. The number of aliphatic imine (C=N–C) groups is 1. The summed E-state index contributed by atoms with van der Waals surface area (Å²) in [6, 6.07) is 11.6. The first-order chi connectivity index (χ1) is 15.2. The number of likely N-dealkylation sites (tertiary alicyclic amines) is 2. The van der Waals surface area contributed by atoms with Crippen LogP contribution in [-0.4, -0.2) is 59.7 Å². The number of guanidine groups is 1. The molecule has 2 aliphatic heterocycles. The molecule has 1 N–H and O–H groups in total. The van der Waals surface area contributed by atoms with Crippen LogP contribution in [0.15, 0.2) is 39.8 Å². The van der Waals surface area contributed by atoms with Gasteiger partial charge in [0.05, 0.1) is 5.69 Å². The number of nitrogens with zero attached hydrogens (tertiary/aromatic N) is 4. The van der Waals surface area contributed by atoms with Gasteiger partial charge >= 0.3 is 0 Å². The molecule has 3 heterocycles. The molecule has 2 aromatic rings. The van der Waals surface area contributed by atoms with Crippen molar-refractivity contribution in [1.82, 2.24) is 20.3 Å². The summed E-state index contributed by atoms with van der Waals surface area (Å²) >= 11 is 0. The van der Waals surface area contributed by atoms with Crippen LogP contribution >= 0.6 is 24.0 Å². The van der Waals surface area contributed by atoms with Gasteiger partial charge in [0.25, 0.3) is 0 Å². The van der Waals surface area contributed by atoms with Gasteiger partial charge < -0.3 is 14.7 Å². The van der Waals surface area contributed by atoms with E-state index >= 15 is 0 Å². The maximum atomic E-state index is 5.30. The molecule has 2 atom stereocenters. The van der Waals surface area contributed by atoms with Gasteiger partial charge in [-0.3, -0.25) is 9.89 Å². The molecule has 0 radical (unpaired) electrons. The standard InChI is InChI=1S/C25H37N5O.HI/c1-4-26-25(27-14-12-23-19(2)28-31-20(23)3)30-16-13-24-22(18-30)11-8-15-29(24)17-21-9-6-5-7-10-21;/h5-7,9-10,22,24H,4,8,11-18H2,1-3H3,(H,26,27);1H. The van der Waals surface area contributed by atoms with Crippen molar-refractivity contribution in [1.29, 1.82) is 0 Å². The van der Waals surface area contributed by atoms with E-state index in [1.165, 1.54) is 36.9 Å². The van der Waals surface area contributed by atoms with Gasteiger partial charge in [-0.1, -0.05) is 35.5 Å². The van der Waals surface area contributed by atoms with E-state index in [-0.39, 0.29) is 24.0 Å². The first kappa shape index (κ1) is 25.0. The van der Waals surface area contributed by atoms with Crippen molar-refractivity contribution in [3.63, 3.8) is 0 Å². The Morgan fingerprint density at radius 1 is 1.19 bits per heavy atom. The molecule has 2 fully saturated rings. The minimum absolute atomic E-state index is 0. The molecule has 0 amide bonds. The number of fused-ring (bicyclic) bond motifs is 1. The van der Waals surface area contributed by atoms with E-state index < -0.39 is 0 Å². The van der Waals surface area contributed by atoms with Gasteiger partial charge in [0.15, 0.2) is 5.96 Å². The number of benzene rings is 1. The van der Waals surface area contributed by atoms with E-state index in [2.05, 4.69) is 57.5 Å². The Morgan fingerprint density at radius 2 is 2.00 bits per heavy atom. The Hall–Kier alpha value is -1.61. The van der Waals surface area contributed by atoms with Crippen LogP contribution < -0.4 is 5.32 Å². The molecule has 176 valence electrons. The third-order valence-corrected chi connectivity index (χ3v) is 6.85. The molecule has 6 nitrogen and oxygen atoms in total. The molecule has 1 aromatic carbocycles. The van der Waals surface area contributed by atoms with Gasteiger partial charge in [-0.05, 0) is 64.5 Å². The summed E-state index contributed by atoms with van der Waals surface area (Å²) in [6.07, 6.45) is 4.71. The molecule has 2 saturated heterocycles. The number of nitrogens with one attached hydrogen (secondary N) is 1. The first-order valence-electron chi connectivity index (χ1n) is 11.9. The third-order valence-electron chi connectivity index (χ3n) is 6.85. The van der Waals surface area contributed by atoms with Crippen LogP contribution in [0, 0.1) is 19.8 Å². The predicted molar refractivity (Wildman–Crippen MR) is 141 cm³/mol. The zero-order valence-electron chi connectivity index (χ0n) is 19.7. The van der Waals surface area contributed by atoms with Crippen LogP contribution in [0.3, 0.4) is 0 Å². The molecular weight excluding hydrogens is 513 g/mol. The summed E-state index contributed by atoms with van der Waals surface area (Å²) in [7, 11) is 0. The Kier molecular flexibility index (Phi) is 9.40. The van der Waals surface area contributed by atoms with E-state index in [9.17, 15) is 0 Å². The molecule has 2 unspecified atom stereocenters. The predicted octanol–water partition coefficient (Wildman–Crippen LogP) is 4.40. The fourth-order valence-corrected chi connectivity index (χ4v) is 5.27. The Labute approximate surface area is 209 Å². The average Bonchev–Trinajstić information content (AvgIpc) is 3.11. The fraction of sp³-hybridized carbons (Fsp3) is 0.600. The topological polar surface area (TPSA) is 56.9 Å². The third kappa shape index (κ3) is 6.04. The molecule has 0 bridgehead atoms. The summed E-state index contributed by atoms with van der Waals surface area (Å²) in [6.45, 7) is 12.3. The largest absolute Gasteiger partial charge is 0.361 e. The second-order valence-electron chi connectivity index (χ2n) is 8.95. The summed E-state index contributed by atoms with van der Waals surface area (Å²) in [5, 5.41) is 7.60. The van der Waals surface area contributed by atoms with Crippen molar-refractivity contribution in [3.8, 4) is 0 Å². The second-order valence-corrected chi connectivity index (χ2v) is 8.95. The van der Waals surface area contributed by atoms with Crippen molar-refractivity contribution in [2.75, 3.05) is 32.7 Å². The van der Waals surface area contributed by atoms with Crippen molar-refractivity contribution in [2.45, 2.75) is 59.0 Å². The smallest absolute Gasteiger partial charge is 0.193 e. The first-order valence-corrected chi connectivity index (χ1v) is 11.9. The number of halogens is 1. The van der Waals surface area contributed by atoms with Gasteiger partial charge in [-0.2, -0.15) is 0 Å². The lowest BCUT2D eigenvalue weighted by molar-refractivity contribution is 0.0372. The molecule has 0 aliphatic carbocycles. The number of piperidine rings is 2. The van der Waals surface area contributed by atoms with Gasteiger partial charge in [0, 0.05) is 44.3 Å². The normalized spacial score (nSPS) is 21.7. The summed E-state index contributed by atoms with van der Waals surface area (Å²) in [4.78, 5) is 10.2. The summed E-state index contributed by atoms with van der Waals surface area (Å²) in [5.41, 5.74) is 3.61. The van der Waals surface area contributed by atoms with Crippen LogP contribution in [0.4, 0.5) is 0 Å². The van der Waals surface area contributed by atoms with E-state index in [4.69, 9.17) is 9.52 Å². The van der Waals surface area contributed by atoms with Crippen LogP contribution in [0.1, 0.15) is 48.8 Å². The van der Waals surface area contributed by atoms with E-state index in [0.717, 1.165) is 62.5 Å². The molecule has 0 saturated carbocycles. The minimum Gasteiger partial charge on any atom is -0.361 e. The highest BCUT2D eigenvalue weighted by atomic mass is 127.